The van der Waals surface area contributed by atoms with E-state index in [-0.39, 0.29) is 30.4 Å². The molecule has 0 bridgehead atoms. The highest BCUT2D eigenvalue weighted by molar-refractivity contribution is 5.80. The van der Waals surface area contributed by atoms with Crippen LogP contribution in [0, 0.1) is 5.82 Å². The lowest BCUT2D eigenvalue weighted by atomic mass is 10.1. The first-order chi connectivity index (χ1) is 14.1. The minimum absolute atomic E-state index is 0.107. The number of carbonyl (C=O) groups excluding carboxylic acids is 1. The van der Waals surface area contributed by atoms with Crippen LogP contribution in [0.3, 0.4) is 0 Å². The summed E-state index contributed by atoms with van der Waals surface area (Å²) in [5.74, 6) is -0.0582. The number of carbonyl (C=O) groups is 1. The van der Waals surface area contributed by atoms with Gasteiger partial charge in [0.25, 0.3) is 5.56 Å². The number of anilines is 1. The van der Waals surface area contributed by atoms with E-state index in [2.05, 4.69) is 10.2 Å². The maximum atomic E-state index is 13.1. The number of halogens is 1. The topological polar surface area (TPSA) is 67.2 Å². The van der Waals surface area contributed by atoms with Crippen LogP contribution in [0.1, 0.15) is 24.8 Å². The second kappa shape index (κ2) is 8.43. The number of aromatic nitrogens is 2. The lowest BCUT2D eigenvalue weighted by Crippen LogP contribution is -2.39. The van der Waals surface area contributed by atoms with Crippen LogP contribution in [0.2, 0.25) is 0 Å². The third-order valence-electron chi connectivity index (χ3n) is 5.19. The summed E-state index contributed by atoms with van der Waals surface area (Å²) in [6.45, 7) is 1.81. The molecule has 2 aromatic carbocycles. The predicted molar refractivity (Wildman–Crippen MR) is 110 cm³/mol. The Morgan fingerprint density at radius 2 is 1.76 bits per heavy atom. The van der Waals surface area contributed by atoms with Crippen molar-refractivity contribution in [1.82, 2.24) is 14.9 Å². The Labute approximate surface area is 168 Å². The molecule has 2 heterocycles. The molecular formula is C22H23FN4O2. The van der Waals surface area contributed by atoms with Gasteiger partial charge in [0.2, 0.25) is 11.9 Å². The number of hydrogen-bond donors (Lipinski definition) is 1. The maximum absolute atomic E-state index is 13.1. The summed E-state index contributed by atoms with van der Waals surface area (Å²) in [6.07, 6.45) is 3.24. The van der Waals surface area contributed by atoms with Gasteiger partial charge in [-0.05, 0) is 49.1 Å². The molecule has 1 saturated heterocycles. The second-order valence-electron chi connectivity index (χ2n) is 7.27. The van der Waals surface area contributed by atoms with Gasteiger partial charge in [0.1, 0.15) is 12.4 Å². The van der Waals surface area contributed by atoms with E-state index in [1.165, 1.54) is 16.7 Å². The normalized spacial score (nSPS) is 14.2. The van der Waals surface area contributed by atoms with Gasteiger partial charge in [0.05, 0.1) is 10.9 Å². The van der Waals surface area contributed by atoms with Crippen molar-refractivity contribution in [2.24, 2.45) is 0 Å². The Bertz CT molecular complexity index is 1070. The monoisotopic (exact) mass is 394 g/mol. The molecule has 1 aliphatic heterocycles. The number of piperidine rings is 1. The van der Waals surface area contributed by atoms with Gasteiger partial charge in [-0.15, -0.1) is 0 Å². The van der Waals surface area contributed by atoms with Crippen molar-refractivity contribution < 1.29 is 9.18 Å². The molecule has 0 saturated carbocycles. The van der Waals surface area contributed by atoms with Crippen LogP contribution in [0.15, 0.2) is 53.3 Å². The van der Waals surface area contributed by atoms with Crippen molar-refractivity contribution in [2.45, 2.75) is 32.4 Å². The molecule has 3 aromatic rings. The molecule has 1 amide bonds. The highest BCUT2D eigenvalue weighted by atomic mass is 19.1. The fraction of sp³-hybridized carbons (Fsp3) is 0.318. The summed E-state index contributed by atoms with van der Waals surface area (Å²) in [7, 11) is 0. The van der Waals surface area contributed by atoms with Crippen molar-refractivity contribution in [3.05, 3.63) is 70.3 Å². The highest BCUT2D eigenvalue weighted by Gasteiger charge is 2.20. The van der Waals surface area contributed by atoms with Crippen molar-refractivity contribution in [3.63, 3.8) is 0 Å². The lowest BCUT2D eigenvalue weighted by Gasteiger charge is -2.29. The van der Waals surface area contributed by atoms with Gasteiger partial charge >= 0.3 is 0 Å². The molecule has 1 N–H and O–H groups in total. The summed E-state index contributed by atoms with van der Waals surface area (Å²) in [5, 5.41) is 3.30. The number of hydrogen-bond acceptors (Lipinski definition) is 4. The SMILES string of the molecule is O=C(Cn1c(N2CCCCC2)nc2ccccc2c1=O)NCc1ccc(F)cc1. The first-order valence-corrected chi connectivity index (χ1v) is 9.87. The van der Waals surface area contributed by atoms with E-state index in [9.17, 15) is 14.0 Å². The van der Waals surface area contributed by atoms with E-state index < -0.39 is 0 Å². The molecular weight excluding hydrogens is 371 g/mol. The molecule has 0 aliphatic carbocycles. The van der Waals surface area contributed by atoms with Crippen molar-refractivity contribution in [3.8, 4) is 0 Å². The minimum Gasteiger partial charge on any atom is -0.350 e. The summed E-state index contributed by atoms with van der Waals surface area (Å²) in [5.41, 5.74) is 1.22. The predicted octanol–water partition coefficient (Wildman–Crippen LogP) is 2.84. The van der Waals surface area contributed by atoms with Crippen LogP contribution in [0.5, 0.6) is 0 Å². The minimum atomic E-state index is -0.319. The van der Waals surface area contributed by atoms with Crippen molar-refractivity contribution in [2.75, 3.05) is 18.0 Å². The zero-order valence-electron chi connectivity index (χ0n) is 16.1. The highest BCUT2D eigenvalue weighted by Crippen LogP contribution is 2.19. The van der Waals surface area contributed by atoms with E-state index >= 15 is 0 Å². The van der Waals surface area contributed by atoms with Crippen molar-refractivity contribution >= 4 is 22.8 Å². The van der Waals surface area contributed by atoms with Gasteiger partial charge in [-0.2, -0.15) is 0 Å². The van der Waals surface area contributed by atoms with E-state index in [0.29, 0.717) is 16.9 Å². The first kappa shape index (κ1) is 19.1. The van der Waals surface area contributed by atoms with Crippen LogP contribution < -0.4 is 15.8 Å². The number of nitrogens with one attached hydrogen (secondary N) is 1. The maximum Gasteiger partial charge on any atom is 0.263 e. The Morgan fingerprint density at radius 3 is 2.52 bits per heavy atom. The smallest absolute Gasteiger partial charge is 0.263 e. The van der Waals surface area contributed by atoms with Gasteiger partial charge in [-0.3, -0.25) is 14.2 Å². The molecule has 6 nitrogen and oxygen atoms in total. The molecule has 7 heteroatoms. The zero-order chi connectivity index (χ0) is 20.2. The number of nitrogens with zero attached hydrogens (tertiary/aromatic N) is 3. The molecule has 150 valence electrons. The van der Waals surface area contributed by atoms with Gasteiger partial charge < -0.3 is 10.2 Å². The molecule has 1 aromatic heterocycles. The zero-order valence-corrected chi connectivity index (χ0v) is 16.1. The number of fused-ring (bicyclic) bond motifs is 1. The Kier molecular flexibility index (Phi) is 5.55. The van der Waals surface area contributed by atoms with Gasteiger partial charge in [0.15, 0.2) is 0 Å². The van der Waals surface area contributed by atoms with Crippen molar-refractivity contribution in [1.29, 1.82) is 0 Å². The third-order valence-corrected chi connectivity index (χ3v) is 5.19. The van der Waals surface area contributed by atoms with E-state index in [0.717, 1.165) is 37.9 Å². The molecule has 0 unspecified atom stereocenters. The molecule has 4 rings (SSSR count). The van der Waals surface area contributed by atoms with Crippen LogP contribution in [-0.2, 0) is 17.9 Å². The fourth-order valence-electron chi connectivity index (χ4n) is 3.64. The molecule has 29 heavy (non-hydrogen) atoms. The van der Waals surface area contributed by atoms with Crippen LogP contribution >= 0.6 is 0 Å². The summed E-state index contributed by atoms with van der Waals surface area (Å²) >= 11 is 0. The fourth-order valence-corrected chi connectivity index (χ4v) is 3.64. The Balaban J connectivity index is 1.60. The average molecular weight is 394 g/mol. The number of para-hydroxylation sites is 1. The summed E-state index contributed by atoms with van der Waals surface area (Å²) < 4.78 is 14.5. The standard InChI is InChI=1S/C22H23FN4O2/c23-17-10-8-16(9-11-17)14-24-20(28)15-27-21(29)18-6-2-3-7-19(18)25-22(27)26-12-4-1-5-13-26/h2-3,6-11H,1,4-5,12-15H2,(H,24,28). The Morgan fingerprint density at radius 1 is 1.03 bits per heavy atom. The quantitative estimate of drug-likeness (QED) is 0.723. The number of benzene rings is 2. The van der Waals surface area contributed by atoms with E-state index in [1.807, 2.05) is 12.1 Å². The van der Waals surface area contributed by atoms with E-state index in [1.54, 1.807) is 24.3 Å². The van der Waals surface area contributed by atoms with Crippen LogP contribution in [0.4, 0.5) is 10.3 Å². The third kappa shape index (κ3) is 4.29. The summed E-state index contributed by atoms with van der Waals surface area (Å²) in [6, 6.07) is 13.2. The molecule has 0 atom stereocenters. The molecule has 0 radical (unpaired) electrons. The Hall–Kier alpha value is -3.22. The van der Waals surface area contributed by atoms with Crippen LogP contribution in [0.25, 0.3) is 10.9 Å². The molecule has 1 fully saturated rings. The summed E-state index contributed by atoms with van der Waals surface area (Å²) in [4.78, 5) is 32.5. The first-order valence-electron chi connectivity index (χ1n) is 9.87. The van der Waals surface area contributed by atoms with Gasteiger partial charge in [0, 0.05) is 19.6 Å². The molecule has 1 aliphatic rings. The van der Waals surface area contributed by atoms with Gasteiger partial charge in [-0.1, -0.05) is 24.3 Å². The average Bonchev–Trinajstić information content (AvgIpc) is 2.76. The van der Waals surface area contributed by atoms with E-state index in [4.69, 9.17) is 4.98 Å². The molecule has 0 spiro atoms. The number of rotatable bonds is 5. The number of amides is 1. The van der Waals surface area contributed by atoms with Crippen LogP contribution in [-0.4, -0.2) is 28.5 Å². The second-order valence-corrected chi connectivity index (χ2v) is 7.27. The largest absolute Gasteiger partial charge is 0.350 e. The van der Waals surface area contributed by atoms with Gasteiger partial charge in [-0.25, -0.2) is 9.37 Å². The lowest BCUT2D eigenvalue weighted by molar-refractivity contribution is -0.121.